The van der Waals surface area contributed by atoms with Gasteiger partial charge in [-0.3, -0.25) is 19.3 Å². The summed E-state index contributed by atoms with van der Waals surface area (Å²) in [6.45, 7) is 2.10. The lowest BCUT2D eigenvalue weighted by molar-refractivity contribution is 0.0624. The Morgan fingerprint density at radius 2 is 1.89 bits per heavy atom. The molecule has 0 radical (unpaired) electrons. The van der Waals surface area contributed by atoms with E-state index in [4.69, 9.17) is 0 Å². The van der Waals surface area contributed by atoms with Gasteiger partial charge in [0.2, 0.25) is 5.43 Å². The number of carbonyl (C=O) groups excluding carboxylic acids is 1. The number of pyridine rings is 1. The van der Waals surface area contributed by atoms with Crippen LogP contribution in [0.3, 0.4) is 0 Å². The zero-order chi connectivity index (χ0) is 25.8. The Morgan fingerprint density at radius 1 is 1.11 bits per heavy atom. The van der Waals surface area contributed by atoms with Crippen LogP contribution in [0.4, 0.5) is 8.78 Å². The lowest BCUT2D eigenvalue weighted by atomic mass is 9.93. The fourth-order valence-corrected chi connectivity index (χ4v) is 7.30. The molecule has 1 aromatic heterocycles. The quantitative estimate of drug-likeness (QED) is 0.498. The van der Waals surface area contributed by atoms with E-state index in [1.165, 1.54) is 41.5 Å². The summed E-state index contributed by atoms with van der Waals surface area (Å²) in [7, 11) is 0. The topological polar surface area (TPSA) is 65.8 Å². The van der Waals surface area contributed by atoms with Crippen molar-refractivity contribution in [2.24, 2.45) is 0 Å². The molecule has 1 aliphatic carbocycles. The Hall–Kier alpha value is -2.98. The summed E-state index contributed by atoms with van der Waals surface area (Å²) in [5.41, 5.74) is 0.941. The van der Waals surface area contributed by atoms with Crippen LogP contribution in [-0.4, -0.2) is 44.3 Å². The first-order valence-electron chi connectivity index (χ1n) is 12.2. The van der Waals surface area contributed by atoms with Gasteiger partial charge in [0.05, 0.1) is 6.04 Å². The largest absolute Gasteiger partial charge is 0.502 e. The van der Waals surface area contributed by atoms with Crippen LogP contribution in [0.25, 0.3) is 0 Å². The number of amides is 1. The average molecular weight is 542 g/mol. The van der Waals surface area contributed by atoms with Crippen molar-refractivity contribution in [2.45, 2.75) is 47.7 Å². The van der Waals surface area contributed by atoms with Crippen molar-refractivity contribution in [2.75, 3.05) is 17.4 Å². The van der Waals surface area contributed by atoms with Crippen molar-refractivity contribution < 1.29 is 18.7 Å². The van der Waals surface area contributed by atoms with E-state index in [1.807, 2.05) is 48.0 Å². The summed E-state index contributed by atoms with van der Waals surface area (Å²) in [4.78, 5) is 28.6. The minimum Gasteiger partial charge on any atom is -0.502 e. The fraction of sp³-hybridized carbons (Fsp3) is 0.333. The Labute approximate surface area is 221 Å². The van der Waals surface area contributed by atoms with E-state index in [0.717, 1.165) is 22.3 Å². The molecule has 1 N–H and O–H groups in total. The lowest BCUT2D eigenvalue weighted by Crippen LogP contribution is -2.58. The third kappa shape index (κ3) is 4.20. The maximum Gasteiger partial charge on any atom is 0.278 e. The smallest absolute Gasteiger partial charge is 0.278 e. The van der Waals surface area contributed by atoms with Crippen LogP contribution in [0.5, 0.6) is 5.75 Å². The summed E-state index contributed by atoms with van der Waals surface area (Å²) in [6, 6.07) is 10.8. The molecule has 1 fully saturated rings. The normalized spacial score (nSPS) is 19.6. The maximum atomic E-state index is 15.1. The van der Waals surface area contributed by atoms with E-state index in [1.54, 1.807) is 11.0 Å². The first-order chi connectivity index (χ1) is 17.8. The lowest BCUT2D eigenvalue weighted by Gasteiger charge is -2.46. The highest BCUT2D eigenvalue weighted by atomic mass is 32.2. The first kappa shape index (κ1) is 24.4. The van der Waals surface area contributed by atoms with Gasteiger partial charge in [-0.05, 0) is 43.0 Å². The number of rotatable bonds is 5. The predicted octanol–water partition coefficient (Wildman–Crippen LogP) is 4.86. The van der Waals surface area contributed by atoms with E-state index in [2.05, 4.69) is 0 Å². The molecular weight excluding hydrogens is 516 g/mol. The maximum absolute atomic E-state index is 15.1. The molecule has 3 aromatic rings. The Bertz CT molecular complexity index is 1460. The number of hydrogen-bond donors (Lipinski definition) is 1. The van der Waals surface area contributed by atoms with Gasteiger partial charge in [0.25, 0.3) is 5.91 Å². The highest BCUT2D eigenvalue weighted by Crippen LogP contribution is 2.44. The number of benzene rings is 2. The predicted molar refractivity (Wildman–Crippen MR) is 141 cm³/mol. The molecule has 2 atom stereocenters. The van der Waals surface area contributed by atoms with Crippen molar-refractivity contribution >= 4 is 29.4 Å². The number of nitrogens with zero attached hydrogens (tertiary/aromatic N) is 3. The molecule has 1 amide bonds. The third-order valence-electron chi connectivity index (χ3n) is 7.13. The van der Waals surface area contributed by atoms with E-state index in [-0.39, 0.29) is 29.7 Å². The van der Waals surface area contributed by atoms with Crippen molar-refractivity contribution in [3.63, 3.8) is 0 Å². The second kappa shape index (κ2) is 9.40. The molecule has 0 spiro atoms. The van der Waals surface area contributed by atoms with E-state index in [9.17, 15) is 19.1 Å². The minimum absolute atomic E-state index is 0.125. The van der Waals surface area contributed by atoms with Gasteiger partial charge >= 0.3 is 0 Å². The first-order valence-corrected chi connectivity index (χ1v) is 14.2. The number of aromatic hydroxyl groups is 1. The number of carbonyl (C=O) groups is 1. The average Bonchev–Trinajstić information content (AvgIpc) is 3.74. The van der Waals surface area contributed by atoms with Crippen LogP contribution in [0.2, 0.25) is 0 Å². The Balaban J connectivity index is 1.54. The number of aromatic nitrogens is 1. The molecule has 1 saturated carbocycles. The number of fused-ring (bicyclic) bond motifs is 3. The Kier molecular flexibility index (Phi) is 6.19. The third-order valence-corrected chi connectivity index (χ3v) is 9.86. The highest BCUT2D eigenvalue weighted by molar-refractivity contribution is 8.00. The van der Waals surface area contributed by atoms with Crippen LogP contribution in [0, 0.1) is 11.6 Å². The molecule has 0 saturated heterocycles. The molecule has 10 heteroatoms. The van der Waals surface area contributed by atoms with Gasteiger partial charge in [-0.25, -0.2) is 8.78 Å². The molecule has 0 bridgehead atoms. The van der Waals surface area contributed by atoms with Crippen LogP contribution in [0.1, 0.15) is 53.0 Å². The molecule has 6 rings (SSSR count). The van der Waals surface area contributed by atoms with E-state index in [0.29, 0.717) is 10.8 Å². The van der Waals surface area contributed by atoms with Gasteiger partial charge in [-0.2, -0.15) is 11.8 Å². The molecule has 3 heterocycles. The van der Waals surface area contributed by atoms with E-state index >= 15 is 4.39 Å². The molecule has 1 unspecified atom stereocenters. The number of halogens is 2. The van der Waals surface area contributed by atoms with Crippen molar-refractivity contribution in [1.82, 2.24) is 9.58 Å². The number of thioether (sulfide) groups is 2. The monoisotopic (exact) mass is 541 g/mol. The van der Waals surface area contributed by atoms with Crippen LogP contribution < -0.4 is 10.4 Å². The molecule has 2 aliphatic heterocycles. The highest BCUT2D eigenvalue weighted by Gasteiger charge is 2.41. The zero-order valence-electron chi connectivity index (χ0n) is 20.1. The summed E-state index contributed by atoms with van der Waals surface area (Å²) in [5, 5.41) is 13.2. The van der Waals surface area contributed by atoms with Crippen LogP contribution in [-0.2, 0) is 5.75 Å². The molecule has 192 valence electrons. The minimum atomic E-state index is -0.910. The van der Waals surface area contributed by atoms with Crippen molar-refractivity contribution in [3.8, 4) is 5.75 Å². The summed E-state index contributed by atoms with van der Waals surface area (Å²) in [5.74, 6) is -1.88. The molecule has 3 aliphatic rings. The van der Waals surface area contributed by atoms with Gasteiger partial charge in [-0.15, -0.1) is 11.8 Å². The zero-order valence-corrected chi connectivity index (χ0v) is 21.7. The SMILES string of the molecule is CC(CSC1CC1)N1CN([C@@H]2c3ccccc3SCc3c2ccc(F)c3F)n2ccc(=O)c(O)c2C1=O. The number of hydrogen-bond acceptors (Lipinski definition) is 6. The van der Waals surface area contributed by atoms with Crippen LogP contribution in [0.15, 0.2) is 58.4 Å². The van der Waals surface area contributed by atoms with Gasteiger partial charge < -0.3 is 10.0 Å². The molecule has 37 heavy (non-hydrogen) atoms. The van der Waals surface area contributed by atoms with Gasteiger partial charge in [-0.1, -0.05) is 24.3 Å². The molecule has 2 aromatic carbocycles. The summed E-state index contributed by atoms with van der Waals surface area (Å²) >= 11 is 3.25. The van der Waals surface area contributed by atoms with Crippen LogP contribution >= 0.6 is 23.5 Å². The van der Waals surface area contributed by atoms with E-state index < -0.39 is 34.8 Å². The Morgan fingerprint density at radius 3 is 2.68 bits per heavy atom. The van der Waals surface area contributed by atoms with Gasteiger partial charge in [0.1, 0.15) is 6.67 Å². The summed E-state index contributed by atoms with van der Waals surface area (Å²) in [6.07, 6.45) is 3.81. The second-order valence-corrected chi connectivity index (χ2v) is 12.0. The van der Waals surface area contributed by atoms with Gasteiger partial charge in [0, 0.05) is 45.5 Å². The summed E-state index contributed by atoms with van der Waals surface area (Å²) < 4.78 is 30.9. The second-order valence-electron chi connectivity index (χ2n) is 9.62. The van der Waals surface area contributed by atoms with Crippen molar-refractivity contribution in [3.05, 3.63) is 92.9 Å². The fourth-order valence-electron chi connectivity index (χ4n) is 4.99. The molecular formula is C27H25F2N3O3S2. The van der Waals surface area contributed by atoms with Gasteiger partial charge in [0.15, 0.2) is 23.1 Å². The van der Waals surface area contributed by atoms with Crippen molar-refractivity contribution in [1.29, 1.82) is 0 Å². The molecule has 6 nitrogen and oxygen atoms in total. The standard InChI is InChI=1S/C27H25F2N3O3S2/c1-15(12-36-16-6-7-16)30-14-32(31-11-10-21(33)26(34)25(31)27(30)35)24-17-8-9-20(28)23(29)19(17)13-37-22-5-3-2-4-18(22)24/h2-5,8-11,15-16,24,34H,6-7,12-14H2,1H3/t15?,24-/m0/s1.